The minimum absolute atomic E-state index is 0.595. The molecular weight excluding hydrogens is 238 g/mol. The van der Waals surface area contributed by atoms with Gasteiger partial charge in [0, 0.05) is 24.4 Å². The van der Waals surface area contributed by atoms with Crippen molar-refractivity contribution in [2.24, 2.45) is 5.73 Å². The Labute approximate surface area is 106 Å². The number of thiazole rings is 1. The van der Waals surface area contributed by atoms with Crippen molar-refractivity contribution in [2.45, 2.75) is 38.6 Å². The molecule has 0 aromatic carbocycles. The molecule has 0 radical (unpaired) electrons. The smallest absolute Gasteiger partial charge is 0.185 e. The fourth-order valence-electron chi connectivity index (χ4n) is 1.64. The van der Waals surface area contributed by atoms with Crippen molar-refractivity contribution in [2.75, 3.05) is 11.4 Å². The summed E-state index contributed by atoms with van der Waals surface area (Å²) in [7, 11) is 0. The fraction of sp³-hybridized carbons (Fsp3) is 0.636. The minimum Gasteiger partial charge on any atom is -0.393 e. The first kappa shape index (κ1) is 11.8. The highest BCUT2D eigenvalue weighted by Crippen LogP contribution is 2.33. The molecular formula is C11H17N3S2. The van der Waals surface area contributed by atoms with Crippen molar-refractivity contribution in [3.63, 3.8) is 0 Å². The Kier molecular flexibility index (Phi) is 3.76. The van der Waals surface area contributed by atoms with E-state index in [0.717, 1.165) is 24.5 Å². The van der Waals surface area contributed by atoms with Crippen LogP contribution in [0, 0.1) is 0 Å². The first-order valence-electron chi connectivity index (χ1n) is 5.70. The van der Waals surface area contributed by atoms with Gasteiger partial charge in [-0.3, -0.25) is 0 Å². The Morgan fingerprint density at radius 2 is 2.44 bits per heavy atom. The first-order chi connectivity index (χ1) is 7.70. The number of rotatable bonds is 6. The summed E-state index contributed by atoms with van der Waals surface area (Å²) in [5.41, 5.74) is 6.74. The van der Waals surface area contributed by atoms with Crippen molar-refractivity contribution in [3.05, 3.63) is 11.1 Å². The molecule has 1 aromatic rings. The van der Waals surface area contributed by atoms with E-state index in [1.807, 2.05) is 0 Å². The maximum atomic E-state index is 5.56. The molecule has 0 unspecified atom stereocenters. The van der Waals surface area contributed by atoms with Crippen LogP contribution in [0.4, 0.5) is 5.13 Å². The second-order valence-corrected chi connectivity index (χ2v) is 5.48. The predicted molar refractivity (Wildman–Crippen MR) is 73.3 cm³/mol. The lowest BCUT2D eigenvalue weighted by atomic mass is 10.4. The Morgan fingerprint density at radius 3 is 2.94 bits per heavy atom. The number of hydrogen-bond donors (Lipinski definition) is 1. The third kappa shape index (κ3) is 2.92. The minimum atomic E-state index is 0.595. The normalized spacial score (nSPS) is 15.1. The van der Waals surface area contributed by atoms with Crippen molar-refractivity contribution in [1.29, 1.82) is 0 Å². The van der Waals surface area contributed by atoms with Gasteiger partial charge in [-0.05, 0) is 19.3 Å². The molecule has 1 aromatic heterocycles. The largest absolute Gasteiger partial charge is 0.393 e. The average molecular weight is 255 g/mol. The van der Waals surface area contributed by atoms with Crippen LogP contribution < -0.4 is 10.6 Å². The molecule has 1 fully saturated rings. The second kappa shape index (κ2) is 5.10. The molecule has 1 saturated carbocycles. The second-order valence-electron chi connectivity index (χ2n) is 4.12. The van der Waals surface area contributed by atoms with Crippen LogP contribution in [0.15, 0.2) is 5.38 Å². The zero-order valence-corrected chi connectivity index (χ0v) is 11.1. The quantitative estimate of drug-likeness (QED) is 0.792. The number of aromatic nitrogens is 1. The standard InChI is InChI=1S/C11H17N3S2/c1-2-8-7-16-11(13-8)14(9-3-4-9)6-5-10(12)15/h7,9H,2-6H2,1H3,(H2,12,15). The molecule has 16 heavy (non-hydrogen) atoms. The van der Waals surface area contributed by atoms with Gasteiger partial charge in [0.05, 0.1) is 10.7 Å². The van der Waals surface area contributed by atoms with Crippen LogP contribution in [0.1, 0.15) is 31.9 Å². The molecule has 1 aliphatic rings. The van der Waals surface area contributed by atoms with E-state index in [1.54, 1.807) is 11.3 Å². The van der Waals surface area contributed by atoms with E-state index in [-0.39, 0.29) is 0 Å². The van der Waals surface area contributed by atoms with Crippen LogP contribution in [-0.2, 0) is 6.42 Å². The molecule has 88 valence electrons. The molecule has 0 amide bonds. The maximum Gasteiger partial charge on any atom is 0.185 e. The highest BCUT2D eigenvalue weighted by Gasteiger charge is 2.30. The van der Waals surface area contributed by atoms with E-state index >= 15 is 0 Å². The molecule has 0 aliphatic heterocycles. The van der Waals surface area contributed by atoms with E-state index in [4.69, 9.17) is 18.0 Å². The van der Waals surface area contributed by atoms with Crippen molar-refractivity contribution in [3.8, 4) is 0 Å². The van der Waals surface area contributed by atoms with Gasteiger partial charge >= 0.3 is 0 Å². The Hall–Kier alpha value is -0.680. The van der Waals surface area contributed by atoms with Crippen LogP contribution in [0.25, 0.3) is 0 Å². The van der Waals surface area contributed by atoms with Gasteiger partial charge in [-0.1, -0.05) is 19.1 Å². The highest BCUT2D eigenvalue weighted by atomic mass is 32.1. The van der Waals surface area contributed by atoms with E-state index in [2.05, 4.69) is 22.2 Å². The predicted octanol–water partition coefficient (Wildman–Crippen LogP) is 2.35. The number of nitrogens with zero attached hydrogens (tertiary/aromatic N) is 2. The molecule has 1 heterocycles. The number of thiocarbonyl (C=S) groups is 1. The van der Waals surface area contributed by atoms with Gasteiger partial charge in [-0.15, -0.1) is 11.3 Å². The lowest BCUT2D eigenvalue weighted by Crippen LogP contribution is -2.29. The number of hydrogen-bond acceptors (Lipinski definition) is 4. The molecule has 0 atom stereocenters. The first-order valence-corrected chi connectivity index (χ1v) is 6.99. The summed E-state index contributed by atoms with van der Waals surface area (Å²) in [5.74, 6) is 0. The molecule has 2 N–H and O–H groups in total. The number of anilines is 1. The summed E-state index contributed by atoms with van der Waals surface area (Å²) in [6, 6.07) is 0.671. The van der Waals surface area contributed by atoms with Gasteiger partial charge in [-0.2, -0.15) is 0 Å². The van der Waals surface area contributed by atoms with Gasteiger partial charge in [0.1, 0.15) is 0 Å². The van der Waals surface area contributed by atoms with E-state index < -0.39 is 0 Å². The lowest BCUT2D eigenvalue weighted by Gasteiger charge is -2.20. The SMILES string of the molecule is CCc1csc(N(CCC(N)=S)C2CC2)n1. The molecule has 0 spiro atoms. The summed E-state index contributed by atoms with van der Waals surface area (Å²) >= 11 is 6.67. The zero-order chi connectivity index (χ0) is 11.5. The summed E-state index contributed by atoms with van der Waals surface area (Å²) < 4.78 is 0. The summed E-state index contributed by atoms with van der Waals surface area (Å²) in [5, 5.41) is 3.28. The van der Waals surface area contributed by atoms with Crippen LogP contribution in [0.3, 0.4) is 0 Å². The van der Waals surface area contributed by atoms with Crippen LogP contribution >= 0.6 is 23.6 Å². The monoisotopic (exact) mass is 255 g/mol. The van der Waals surface area contributed by atoms with Crippen LogP contribution in [-0.4, -0.2) is 22.6 Å². The molecule has 2 rings (SSSR count). The van der Waals surface area contributed by atoms with Crippen molar-refractivity contribution < 1.29 is 0 Å². The third-order valence-electron chi connectivity index (χ3n) is 2.73. The van der Waals surface area contributed by atoms with Gasteiger partial charge < -0.3 is 10.6 Å². The highest BCUT2D eigenvalue weighted by molar-refractivity contribution is 7.80. The summed E-state index contributed by atoms with van der Waals surface area (Å²) in [6.07, 6.45) is 4.34. The Bertz CT molecular complexity index is 371. The van der Waals surface area contributed by atoms with Gasteiger partial charge in [-0.25, -0.2) is 4.98 Å². The third-order valence-corrected chi connectivity index (χ3v) is 3.86. The van der Waals surface area contributed by atoms with Crippen molar-refractivity contribution in [1.82, 2.24) is 4.98 Å². The lowest BCUT2D eigenvalue weighted by molar-refractivity contribution is 0.793. The number of nitrogens with two attached hydrogens (primary N) is 1. The van der Waals surface area contributed by atoms with Gasteiger partial charge in [0.2, 0.25) is 0 Å². The van der Waals surface area contributed by atoms with Crippen molar-refractivity contribution >= 4 is 33.7 Å². The fourth-order valence-corrected chi connectivity index (χ4v) is 2.74. The van der Waals surface area contributed by atoms with E-state index in [0.29, 0.717) is 11.0 Å². The molecule has 3 nitrogen and oxygen atoms in total. The molecule has 1 aliphatic carbocycles. The number of aryl methyl sites for hydroxylation is 1. The average Bonchev–Trinajstić information content (AvgIpc) is 2.96. The Balaban J connectivity index is 2.03. The van der Waals surface area contributed by atoms with E-state index in [1.165, 1.54) is 18.5 Å². The topological polar surface area (TPSA) is 42.1 Å². The zero-order valence-electron chi connectivity index (χ0n) is 9.48. The molecule has 5 heteroatoms. The van der Waals surface area contributed by atoms with Gasteiger partial charge in [0.25, 0.3) is 0 Å². The summed E-state index contributed by atoms with van der Waals surface area (Å²) in [4.78, 5) is 7.59. The summed E-state index contributed by atoms with van der Waals surface area (Å²) in [6.45, 7) is 3.05. The van der Waals surface area contributed by atoms with E-state index in [9.17, 15) is 0 Å². The van der Waals surface area contributed by atoms with Gasteiger partial charge in [0.15, 0.2) is 5.13 Å². The van der Waals surface area contributed by atoms with Crippen LogP contribution in [0.5, 0.6) is 0 Å². The Morgan fingerprint density at radius 1 is 1.69 bits per heavy atom. The molecule has 0 saturated heterocycles. The maximum absolute atomic E-state index is 5.56. The molecule has 0 bridgehead atoms. The van der Waals surface area contributed by atoms with Crippen LogP contribution in [0.2, 0.25) is 0 Å².